The lowest BCUT2D eigenvalue weighted by molar-refractivity contribution is 0.276. The number of aromatic nitrogens is 1. The van der Waals surface area contributed by atoms with Crippen LogP contribution in [0.3, 0.4) is 0 Å². The fourth-order valence-electron chi connectivity index (χ4n) is 1.58. The molecule has 0 radical (unpaired) electrons. The Morgan fingerprint density at radius 2 is 2.00 bits per heavy atom. The first-order chi connectivity index (χ1) is 8.60. The molecule has 18 heavy (non-hydrogen) atoms. The molecule has 0 unspecified atom stereocenters. The highest BCUT2D eigenvalue weighted by atomic mass is 35.5. The Morgan fingerprint density at radius 1 is 1.22 bits per heavy atom. The van der Waals surface area contributed by atoms with Crippen LogP contribution in [0.4, 0.5) is 0 Å². The van der Waals surface area contributed by atoms with Crippen LogP contribution < -0.4 is 4.74 Å². The topological polar surface area (TPSA) is 42.4 Å². The number of aryl methyl sites for hydroxylation is 2. The van der Waals surface area contributed by atoms with Gasteiger partial charge in [-0.1, -0.05) is 17.7 Å². The van der Waals surface area contributed by atoms with Gasteiger partial charge in [0.15, 0.2) is 0 Å². The second-order valence-corrected chi connectivity index (χ2v) is 4.54. The summed E-state index contributed by atoms with van der Waals surface area (Å²) < 4.78 is 5.81. The van der Waals surface area contributed by atoms with Gasteiger partial charge in [-0.15, -0.1) is 0 Å². The van der Waals surface area contributed by atoms with E-state index in [-0.39, 0.29) is 6.61 Å². The summed E-state index contributed by atoms with van der Waals surface area (Å²) in [5.74, 6) is 1.29. The number of rotatable bonds is 3. The third-order valence-electron chi connectivity index (χ3n) is 2.62. The molecule has 0 saturated heterocycles. The average molecular weight is 264 g/mol. The number of aliphatic hydroxyl groups is 1. The van der Waals surface area contributed by atoms with Crippen LogP contribution in [0.1, 0.15) is 16.8 Å². The number of halogens is 1. The Bertz CT molecular complexity index is 570. The zero-order valence-electron chi connectivity index (χ0n) is 10.3. The maximum atomic E-state index is 9.27. The van der Waals surface area contributed by atoms with Crippen molar-refractivity contribution in [3.63, 3.8) is 0 Å². The number of aliphatic hydroxyl groups excluding tert-OH is 1. The molecule has 0 aliphatic heterocycles. The first-order valence-electron chi connectivity index (χ1n) is 5.60. The van der Waals surface area contributed by atoms with E-state index in [1.54, 1.807) is 18.3 Å². The molecule has 0 saturated carbocycles. The van der Waals surface area contributed by atoms with Crippen LogP contribution in [0.15, 0.2) is 30.5 Å². The van der Waals surface area contributed by atoms with Crippen molar-refractivity contribution in [3.05, 3.63) is 52.3 Å². The van der Waals surface area contributed by atoms with Gasteiger partial charge in [0.25, 0.3) is 0 Å². The molecule has 2 aromatic rings. The van der Waals surface area contributed by atoms with Gasteiger partial charge in [0, 0.05) is 28.5 Å². The Balaban J connectivity index is 2.38. The number of pyridine rings is 1. The molecule has 0 bridgehead atoms. The number of nitrogens with zero attached hydrogens (tertiary/aromatic N) is 1. The van der Waals surface area contributed by atoms with Gasteiger partial charge in [-0.05, 0) is 31.5 Å². The lowest BCUT2D eigenvalue weighted by atomic mass is 10.2. The zero-order valence-corrected chi connectivity index (χ0v) is 11.0. The van der Waals surface area contributed by atoms with Crippen molar-refractivity contribution in [2.45, 2.75) is 20.5 Å². The van der Waals surface area contributed by atoms with Crippen molar-refractivity contribution in [1.82, 2.24) is 4.98 Å². The summed E-state index contributed by atoms with van der Waals surface area (Å²) in [4.78, 5) is 4.13. The minimum Gasteiger partial charge on any atom is -0.457 e. The molecule has 0 aliphatic carbocycles. The molecule has 0 amide bonds. The zero-order chi connectivity index (χ0) is 13.1. The molecule has 0 aliphatic rings. The van der Waals surface area contributed by atoms with Gasteiger partial charge in [0.2, 0.25) is 0 Å². The van der Waals surface area contributed by atoms with Gasteiger partial charge in [0.1, 0.15) is 11.5 Å². The number of hydrogen-bond donors (Lipinski definition) is 1. The molecule has 1 aromatic heterocycles. The maximum Gasteiger partial charge on any atom is 0.136 e. The molecule has 0 spiro atoms. The van der Waals surface area contributed by atoms with E-state index in [1.807, 2.05) is 26.0 Å². The third-order valence-corrected chi connectivity index (χ3v) is 2.86. The van der Waals surface area contributed by atoms with Gasteiger partial charge in [-0.25, -0.2) is 0 Å². The van der Waals surface area contributed by atoms with Crippen LogP contribution >= 0.6 is 11.6 Å². The molecule has 2 rings (SSSR count). The third kappa shape index (κ3) is 2.81. The van der Waals surface area contributed by atoms with Crippen LogP contribution in [-0.2, 0) is 6.61 Å². The van der Waals surface area contributed by atoms with Crippen molar-refractivity contribution in [2.75, 3.05) is 0 Å². The summed E-state index contributed by atoms with van der Waals surface area (Å²) in [5, 5.41) is 9.88. The van der Waals surface area contributed by atoms with Crippen molar-refractivity contribution in [2.24, 2.45) is 0 Å². The summed E-state index contributed by atoms with van der Waals surface area (Å²) in [6, 6.07) is 7.26. The van der Waals surface area contributed by atoms with Gasteiger partial charge < -0.3 is 9.84 Å². The van der Waals surface area contributed by atoms with E-state index in [0.29, 0.717) is 22.1 Å². The lowest BCUT2D eigenvalue weighted by Gasteiger charge is -2.12. The van der Waals surface area contributed by atoms with Crippen molar-refractivity contribution in [1.29, 1.82) is 0 Å². The van der Waals surface area contributed by atoms with Crippen LogP contribution in [0.5, 0.6) is 11.5 Å². The largest absolute Gasteiger partial charge is 0.457 e. The summed E-state index contributed by atoms with van der Waals surface area (Å²) >= 11 is 5.95. The van der Waals surface area contributed by atoms with Crippen LogP contribution in [0.2, 0.25) is 5.02 Å². The highest BCUT2D eigenvalue weighted by Gasteiger charge is 2.08. The highest BCUT2D eigenvalue weighted by Crippen LogP contribution is 2.30. The lowest BCUT2D eigenvalue weighted by Crippen LogP contribution is -1.96. The Labute approximate surface area is 111 Å². The van der Waals surface area contributed by atoms with E-state index in [1.165, 1.54) is 0 Å². The molecule has 1 aromatic carbocycles. The van der Waals surface area contributed by atoms with Crippen LogP contribution in [0, 0.1) is 13.8 Å². The Hall–Kier alpha value is -1.58. The Kier molecular flexibility index (Phi) is 3.84. The highest BCUT2D eigenvalue weighted by molar-refractivity contribution is 6.30. The minimum absolute atomic E-state index is 0.109. The summed E-state index contributed by atoms with van der Waals surface area (Å²) in [7, 11) is 0. The van der Waals surface area contributed by atoms with E-state index >= 15 is 0 Å². The predicted octanol–water partition coefficient (Wildman–Crippen LogP) is 3.64. The van der Waals surface area contributed by atoms with E-state index in [2.05, 4.69) is 4.98 Å². The number of hydrogen-bond acceptors (Lipinski definition) is 3. The monoisotopic (exact) mass is 263 g/mol. The van der Waals surface area contributed by atoms with E-state index in [4.69, 9.17) is 16.3 Å². The predicted molar refractivity (Wildman–Crippen MR) is 71.2 cm³/mol. The molecule has 94 valence electrons. The normalized spacial score (nSPS) is 10.4. The maximum absolute atomic E-state index is 9.27. The molecule has 4 heteroatoms. The standard InChI is InChI=1S/C14H14ClNO2/c1-9-3-4-12(15)6-13(9)18-14-5-10(2)16-7-11(14)8-17/h3-7,17H,8H2,1-2H3. The van der Waals surface area contributed by atoms with Crippen molar-refractivity contribution in [3.8, 4) is 11.5 Å². The first-order valence-corrected chi connectivity index (χ1v) is 5.98. The molecule has 1 N–H and O–H groups in total. The van der Waals surface area contributed by atoms with Gasteiger partial charge in [-0.2, -0.15) is 0 Å². The second kappa shape index (κ2) is 5.38. The van der Waals surface area contributed by atoms with Crippen LogP contribution in [0.25, 0.3) is 0 Å². The summed E-state index contributed by atoms with van der Waals surface area (Å²) in [5.41, 5.74) is 2.47. The number of benzene rings is 1. The van der Waals surface area contributed by atoms with Gasteiger partial charge >= 0.3 is 0 Å². The summed E-state index contributed by atoms with van der Waals surface area (Å²) in [6.45, 7) is 3.71. The molecule has 1 heterocycles. The smallest absolute Gasteiger partial charge is 0.136 e. The SMILES string of the molecule is Cc1cc(Oc2cc(Cl)ccc2C)c(CO)cn1. The van der Waals surface area contributed by atoms with Gasteiger partial charge in [0.05, 0.1) is 6.61 Å². The van der Waals surface area contributed by atoms with E-state index in [0.717, 1.165) is 11.3 Å². The summed E-state index contributed by atoms with van der Waals surface area (Å²) in [6.07, 6.45) is 1.62. The number of ether oxygens (including phenoxy) is 1. The molecular formula is C14H14ClNO2. The molecule has 0 atom stereocenters. The van der Waals surface area contributed by atoms with Crippen LogP contribution in [-0.4, -0.2) is 10.1 Å². The fraction of sp³-hybridized carbons (Fsp3) is 0.214. The van der Waals surface area contributed by atoms with Gasteiger partial charge in [-0.3, -0.25) is 4.98 Å². The average Bonchev–Trinajstić information content (AvgIpc) is 2.34. The van der Waals surface area contributed by atoms with E-state index < -0.39 is 0 Å². The molecular weight excluding hydrogens is 250 g/mol. The van der Waals surface area contributed by atoms with Crippen molar-refractivity contribution >= 4 is 11.6 Å². The fourth-order valence-corrected chi connectivity index (χ4v) is 1.74. The Morgan fingerprint density at radius 3 is 2.72 bits per heavy atom. The molecule has 0 fully saturated rings. The quantitative estimate of drug-likeness (QED) is 0.919. The van der Waals surface area contributed by atoms with Crippen molar-refractivity contribution < 1.29 is 9.84 Å². The molecule has 3 nitrogen and oxygen atoms in total. The first kappa shape index (κ1) is 12.9. The second-order valence-electron chi connectivity index (χ2n) is 4.10. The minimum atomic E-state index is -0.109. The van der Waals surface area contributed by atoms with E-state index in [9.17, 15) is 5.11 Å².